The number of carbonyl (C=O) groups is 1. The van der Waals surface area contributed by atoms with E-state index in [-0.39, 0.29) is 18.0 Å². The van der Waals surface area contributed by atoms with E-state index >= 15 is 0 Å². The van der Waals surface area contributed by atoms with Crippen LogP contribution < -0.4 is 10.9 Å². The average Bonchev–Trinajstić information content (AvgIpc) is 2.97. The zero-order valence-electron chi connectivity index (χ0n) is 13.2. The second-order valence-electron chi connectivity index (χ2n) is 5.27. The van der Waals surface area contributed by atoms with Crippen molar-refractivity contribution in [2.75, 3.05) is 5.32 Å². The van der Waals surface area contributed by atoms with Crippen LogP contribution in [0.15, 0.2) is 29.3 Å². The quantitative estimate of drug-likeness (QED) is 0.774. The van der Waals surface area contributed by atoms with Crippen LogP contribution in [0.25, 0.3) is 11.2 Å². The molecule has 0 radical (unpaired) electrons. The topological polar surface area (TPSA) is 94.7 Å². The van der Waals surface area contributed by atoms with E-state index in [2.05, 4.69) is 20.6 Å². The fraction of sp³-hybridized carbons (Fsp3) is 0.267. The highest BCUT2D eigenvalue weighted by Crippen LogP contribution is 2.19. The van der Waals surface area contributed by atoms with Gasteiger partial charge in [0.15, 0.2) is 11.2 Å². The number of nitrogens with zero attached hydrogens (tertiary/aromatic N) is 5. The Hall–Kier alpha value is -2.74. The van der Waals surface area contributed by atoms with Crippen molar-refractivity contribution in [2.24, 2.45) is 0 Å². The number of halogens is 1. The molecule has 0 aliphatic heterocycles. The molecule has 1 aromatic carbocycles. The van der Waals surface area contributed by atoms with E-state index in [1.165, 1.54) is 15.6 Å². The van der Waals surface area contributed by atoms with Crippen LogP contribution in [0.3, 0.4) is 0 Å². The Bertz CT molecular complexity index is 978. The van der Waals surface area contributed by atoms with Gasteiger partial charge in [0.25, 0.3) is 5.56 Å². The lowest BCUT2D eigenvalue weighted by Crippen LogP contribution is -2.28. The Morgan fingerprint density at radius 3 is 2.88 bits per heavy atom. The number of benzene rings is 1. The highest BCUT2D eigenvalue weighted by molar-refractivity contribution is 6.31. The summed E-state index contributed by atoms with van der Waals surface area (Å²) in [4.78, 5) is 28.7. The van der Waals surface area contributed by atoms with Gasteiger partial charge in [-0.05, 0) is 31.5 Å². The number of carbonyl (C=O) groups excluding carboxylic acids is 1. The summed E-state index contributed by atoms with van der Waals surface area (Å²) >= 11 is 6.03. The number of hydrogen-bond acceptors (Lipinski definition) is 5. The lowest BCUT2D eigenvalue weighted by atomic mass is 10.2. The molecular weight excluding hydrogens is 332 g/mol. The zero-order chi connectivity index (χ0) is 17.3. The molecule has 0 bridgehead atoms. The second-order valence-corrected chi connectivity index (χ2v) is 5.67. The van der Waals surface area contributed by atoms with Crippen LogP contribution in [-0.2, 0) is 17.9 Å². The van der Waals surface area contributed by atoms with Crippen molar-refractivity contribution in [3.8, 4) is 0 Å². The molecule has 24 heavy (non-hydrogen) atoms. The molecule has 3 aromatic rings. The maximum atomic E-state index is 12.4. The Balaban J connectivity index is 1.81. The molecule has 2 heterocycles. The van der Waals surface area contributed by atoms with Crippen LogP contribution in [0.5, 0.6) is 0 Å². The Morgan fingerprint density at radius 2 is 2.17 bits per heavy atom. The number of anilines is 1. The Labute approximate surface area is 142 Å². The van der Waals surface area contributed by atoms with Gasteiger partial charge >= 0.3 is 0 Å². The third-order valence-electron chi connectivity index (χ3n) is 3.56. The van der Waals surface area contributed by atoms with Crippen molar-refractivity contribution in [1.82, 2.24) is 24.5 Å². The number of fused-ring (bicyclic) bond motifs is 1. The van der Waals surface area contributed by atoms with Gasteiger partial charge in [0.2, 0.25) is 5.91 Å². The normalized spacial score (nSPS) is 11.0. The van der Waals surface area contributed by atoms with E-state index in [4.69, 9.17) is 11.6 Å². The minimum Gasteiger partial charge on any atom is -0.324 e. The number of aryl methyl sites for hydroxylation is 2. The first-order valence-corrected chi connectivity index (χ1v) is 7.72. The summed E-state index contributed by atoms with van der Waals surface area (Å²) in [5.74, 6) is -0.360. The maximum Gasteiger partial charge on any atom is 0.283 e. The molecule has 0 aliphatic carbocycles. The molecule has 1 amide bonds. The van der Waals surface area contributed by atoms with Crippen molar-refractivity contribution >= 4 is 34.4 Å². The summed E-state index contributed by atoms with van der Waals surface area (Å²) in [5, 5.41) is 10.9. The van der Waals surface area contributed by atoms with Crippen molar-refractivity contribution in [1.29, 1.82) is 0 Å². The van der Waals surface area contributed by atoms with E-state index in [0.29, 0.717) is 22.9 Å². The number of rotatable bonds is 4. The maximum absolute atomic E-state index is 12.4. The molecule has 0 saturated heterocycles. The highest BCUT2D eigenvalue weighted by Gasteiger charge is 2.13. The minimum absolute atomic E-state index is 0.144. The molecule has 2 aromatic heterocycles. The predicted octanol–water partition coefficient (Wildman–Crippen LogP) is 1.61. The first kappa shape index (κ1) is 16.1. The summed E-state index contributed by atoms with van der Waals surface area (Å²) in [7, 11) is 0. The van der Waals surface area contributed by atoms with Gasteiger partial charge in [-0.1, -0.05) is 22.9 Å². The van der Waals surface area contributed by atoms with E-state index in [9.17, 15) is 9.59 Å². The highest BCUT2D eigenvalue weighted by atomic mass is 35.5. The SMILES string of the molecule is CCn1nnc2c(=O)n(CC(=O)Nc3ccc(C)c(Cl)c3)cnc21. The smallest absolute Gasteiger partial charge is 0.283 e. The average molecular weight is 347 g/mol. The molecule has 8 nitrogen and oxygen atoms in total. The largest absolute Gasteiger partial charge is 0.324 e. The predicted molar refractivity (Wildman–Crippen MR) is 90.1 cm³/mol. The molecule has 0 unspecified atom stereocenters. The molecule has 0 spiro atoms. The summed E-state index contributed by atoms with van der Waals surface area (Å²) in [6, 6.07) is 5.21. The first-order valence-electron chi connectivity index (χ1n) is 7.34. The van der Waals surface area contributed by atoms with Gasteiger partial charge in [0.1, 0.15) is 12.9 Å². The molecule has 3 rings (SSSR count). The fourth-order valence-corrected chi connectivity index (χ4v) is 2.42. The van der Waals surface area contributed by atoms with E-state index in [1.807, 2.05) is 13.8 Å². The summed E-state index contributed by atoms with van der Waals surface area (Å²) in [6.45, 7) is 4.13. The van der Waals surface area contributed by atoms with Crippen molar-refractivity contribution in [3.05, 3.63) is 45.5 Å². The van der Waals surface area contributed by atoms with E-state index < -0.39 is 5.56 Å². The molecule has 124 valence electrons. The second kappa shape index (κ2) is 6.40. The van der Waals surface area contributed by atoms with Gasteiger partial charge in [-0.2, -0.15) is 0 Å². The lowest BCUT2D eigenvalue weighted by Gasteiger charge is -2.08. The van der Waals surface area contributed by atoms with E-state index in [1.54, 1.807) is 18.2 Å². The van der Waals surface area contributed by atoms with Gasteiger partial charge in [0.05, 0.1) is 0 Å². The molecule has 0 saturated carbocycles. The molecule has 0 aliphatic rings. The molecular formula is C15H15ClN6O2. The fourth-order valence-electron chi connectivity index (χ4n) is 2.24. The van der Waals surface area contributed by atoms with Gasteiger partial charge in [-0.25, -0.2) is 9.67 Å². The third kappa shape index (κ3) is 3.00. The van der Waals surface area contributed by atoms with Crippen molar-refractivity contribution in [2.45, 2.75) is 26.9 Å². The standard InChI is InChI=1S/C15H15ClN6O2/c1-3-22-14-13(19-20-22)15(24)21(8-17-14)7-12(23)18-10-5-4-9(2)11(16)6-10/h4-6,8H,3,7H2,1-2H3,(H,18,23). The summed E-state index contributed by atoms with van der Waals surface area (Å²) in [6.07, 6.45) is 1.32. The van der Waals surface area contributed by atoms with Gasteiger partial charge in [-0.3, -0.25) is 14.2 Å². The van der Waals surface area contributed by atoms with E-state index in [0.717, 1.165) is 5.56 Å². The number of nitrogens with one attached hydrogen (secondary N) is 1. The van der Waals surface area contributed by atoms with Gasteiger partial charge in [-0.15, -0.1) is 5.10 Å². The van der Waals surface area contributed by atoms with Crippen LogP contribution in [0.4, 0.5) is 5.69 Å². The summed E-state index contributed by atoms with van der Waals surface area (Å²) in [5.41, 5.74) is 1.63. The van der Waals surface area contributed by atoms with Gasteiger partial charge in [0, 0.05) is 17.3 Å². The molecule has 1 N–H and O–H groups in total. The number of amides is 1. The van der Waals surface area contributed by atoms with Crippen LogP contribution in [0.2, 0.25) is 5.02 Å². The Kier molecular flexibility index (Phi) is 4.30. The van der Waals surface area contributed by atoms with Crippen LogP contribution in [0, 0.1) is 6.92 Å². The molecule has 9 heteroatoms. The Morgan fingerprint density at radius 1 is 1.38 bits per heavy atom. The van der Waals surface area contributed by atoms with Gasteiger partial charge < -0.3 is 5.32 Å². The summed E-state index contributed by atoms with van der Waals surface area (Å²) < 4.78 is 2.72. The van der Waals surface area contributed by atoms with Crippen molar-refractivity contribution < 1.29 is 4.79 Å². The van der Waals surface area contributed by atoms with Crippen LogP contribution >= 0.6 is 11.6 Å². The van der Waals surface area contributed by atoms with Crippen LogP contribution in [0.1, 0.15) is 12.5 Å². The first-order chi connectivity index (χ1) is 11.5. The van der Waals surface area contributed by atoms with Crippen LogP contribution in [-0.4, -0.2) is 30.5 Å². The number of hydrogen-bond donors (Lipinski definition) is 1. The van der Waals surface area contributed by atoms with Crippen molar-refractivity contribution in [3.63, 3.8) is 0 Å². The zero-order valence-corrected chi connectivity index (χ0v) is 13.9. The lowest BCUT2D eigenvalue weighted by molar-refractivity contribution is -0.116. The third-order valence-corrected chi connectivity index (χ3v) is 3.97. The monoisotopic (exact) mass is 346 g/mol. The molecule has 0 fully saturated rings. The minimum atomic E-state index is -0.406. The number of aromatic nitrogens is 5. The molecule has 0 atom stereocenters.